The third-order valence-corrected chi connectivity index (χ3v) is 12.4. The van der Waals surface area contributed by atoms with Crippen LogP contribution in [0.1, 0.15) is 111 Å². The van der Waals surface area contributed by atoms with Crippen molar-refractivity contribution in [3.05, 3.63) is 54.4 Å². The van der Waals surface area contributed by atoms with Gasteiger partial charge in [-0.3, -0.25) is 0 Å². The first kappa shape index (κ1) is 25.6. The Bertz CT molecular complexity index is 1140. The van der Waals surface area contributed by atoms with E-state index in [2.05, 4.69) is 88.0 Å². The van der Waals surface area contributed by atoms with Crippen LogP contribution in [0.2, 0.25) is 0 Å². The molecule has 0 unspecified atom stereocenters. The maximum absolute atomic E-state index is 2.76. The van der Waals surface area contributed by atoms with E-state index in [0.717, 1.165) is 35.5 Å². The average Bonchev–Trinajstić information content (AvgIpc) is 3.25. The molecule has 0 spiro atoms. The summed E-state index contributed by atoms with van der Waals surface area (Å²) in [4.78, 5) is 0. The summed E-state index contributed by atoms with van der Waals surface area (Å²) in [5, 5.41) is 2.73. The molecule has 3 fully saturated rings. The van der Waals surface area contributed by atoms with Crippen LogP contribution in [0, 0.1) is 46.3 Å². The molecule has 1 heteroatoms. The Hall–Kier alpha value is -1.63. The Morgan fingerprint density at radius 1 is 0.892 bits per heavy atom. The third kappa shape index (κ3) is 4.41. The number of aromatic nitrogens is 1. The van der Waals surface area contributed by atoms with Gasteiger partial charge in [-0.25, -0.2) is 4.57 Å². The van der Waals surface area contributed by atoms with Gasteiger partial charge < -0.3 is 0 Å². The van der Waals surface area contributed by atoms with Gasteiger partial charge in [0, 0.05) is 24.3 Å². The molecule has 0 aliphatic heterocycles. The van der Waals surface area contributed by atoms with Crippen molar-refractivity contribution in [1.82, 2.24) is 0 Å². The van der Waals surface area contributed by atoms with Gasteiger partial charge >= 0.3 is 0 Å². The number of allylic oxidation sites excluding steroid dienone is 2. The number of fused-ring (bicyclic) bond motifs is 6. The predicted octanol–water partition coefficient (Wildman–Crippen LogP) is 9.71. The first-order chi connectivity index (χ1) is 17.8. The van der Waals surface area contributed by atoms with Crippen molar-refractivity contribution < 1.29 is 4.57 Å². The maximum atomic E-state index is 2.76. The molecule has 0 amide bonds. The molecule has 1 heterocycles. The zero-order chi connectivity index (χ0) is 25.8. The Morgan fingerprint density at radius 3 is 2.51 bits per heavy atom. The van der Waals surface area contributed by atoms with Gasteiger partial charge in [0.25, 0.3) is 0 Å². The van der Waals surface area contributed by atoms with Crippen LogP contribution in [0.25, 0.3) is 10.8 Å². The SMILES string of the molecule is CC(C)CCC[C@@H](C)[C@H]1CC[C@H]2[C@@H]3CC=C4C[C@H]([n+]5ccc6ccccc6c5)CC[C@]4(C)[C@H]3CC[C@]12C. The van der Waals surface area contributed by atoms with Gasteiger partial charge in [-0.15, -0.1) is 0 Å². The highest BCUT2D eigenvalue weighted by Crippen LogP contribution is 2.67. The molecule has 6 rings (SSSR count). The van der Waals surface area contributed by atoms with Crippen molar-refractivity contribution >= 4 is 10.8 Å². The van der Waals surface area contributed by atoms with E-state index < -0.39 is 0 Å². The lowest BCUT2D eigenvalue weighted by atomic mass is 9.47. The van der Waals surface area contributed by atoms with Gasteiger partial charge in [0.05, 0.1) is 0 Å². The van der Waals surface area contributed by atoms with Gasteiger partial charge in [-0.05, 0) is 96.3 Å². The number of benzene rings is 1. The molecule has 0 saturated heterocycles. The van der Waals surface area contributed by atoms with Crippen LogP contribution in [-0.2, 0) is 0 Å². The molecule has 3 saturated carbocycles. The van der Waals surface area contributed by atoms with Crippen LogP contribution in [0.5, 0.6) is 0 Å². The van der Waals surface area contributed by atoms with Gasteiger partial charge in [0.15, 0.2) is 18.4 Å². The molecule has 8 atom stereocenters. The quantitative estimate of drug-likeness (QED) is 0.276. The van der Waals surface area contributed by atoms with Gasteiger partial charge in [-0.2, -0.15) is 0 Å². The molecule has 1 aromatic heterocycles. The highest BCUT2D eigenvalue weighted by atomic mass is 15.0. The van der Waals surface area contributed by atoms with Gasteiger partial charge in [0.1, 0.15) is 0 Å². The highest BCUT2D eigenvalue weighted by Gasteiger charge is 2.59. The number of nitrogens with zero attached hydrogens (tertiary/aromatic N) is 1. The number of pyridine rings is 1. The Labute approximate surface area is 227 Å². The highest BCUT2D eigenvalue weighted by molar-refractivity contribution is 5.80. The summed E-state index contributed by atoms with van der Waals surface area (Å²) in [5.41, 5.74) is 2.85. The van der Waals surface area contributed by atoms with E-state index in [1.54, 1.807) is 0 Å². The van der Waals surface area contributed by atoms with Crippen LogP contribution in [-0.4, -0.2) is 0 Å². The van der Waals surface area contributed by atoms with Crippen LogP contribution in [0.4, 0.5) is 0 Å². The summed E-state index contributed by atoms with van der Waals surface area (Å²) in [5.74, 6) is 5.54. The zero-order valence-corrected chi connectivity index (χ0v) is 24.4. The van der Waals surface area contributed by atoms with Crippen LogP contribution < -0.4 is 4.57 Å². The Morgan fingerprint density at radius 2 is 1.70 bits per heavy atom. The average molecular weight is 499 g/mol. The van der Waals surface area contributed by atoms with E-state index in [1.165, 1.54) is 81.4 Å². The summed E-state index contributed by atoms with van der Waals surface area (Å²) < 4.78 is 2.54. The summed E-state index contributed by atoms with van der Waals surface area (Å²) in [6.07, 6.45) is 23.1. The first-order valence-electron chi connectivity index (χ1n) is 15.9. The molecule has 0 bridgehead atoms. The van der Waals surface area contributed by atoms with Crippen molar-refractivity contribution in [2.45, 2.75) is 111 Å². The monoisotopic (exact) mass is 498 g/mol. The fourth-order valence-corrected chi connectivity index (χ4v) is 10.3. The molecule has 0 N–H and O–H groups in total. The second-order valence-electron chi connectivity index (χ2n) is 14.7. The number of hydrogen-bond donors (Lipinski definition) is 0. The summed E-state index contributed by atoms with van der Waals surface area (Å²) in [7, 11) is 0. The molecular formula is C36H52N+. The molecule has 4 aliphatic rings. The van der Waals surface area contributed by atoms with E-state index in [0.29, 0.717) is 16.9 Å². The zero-order valence-electron chi connectivity index (χ0n) is 24.4. The van der Waals surface area contributed by atoms with Crippen molar-refractivity contribution in [2.24, 2.45) is 46.3 Å². The van der Waals surface area contributed by atoms with E-state index in [1.807, 2.05) is 5.57 Å². The minimum absolute atomic E-state index is 0.444. The second-order valence-corrected chi connectivity index (χ2v) is 14.7. The van der Waals surface area contributed by atoms with Crippen LogP contribution in [0.3, 0.4) is 0 Å². The lowest BCUT2D eigenvalue weighted by Crippen LogP contribution is -2.52. The third-order valence-electron chi connectivity index (χ3n) is 12.4. The minimum atomic E-state index is 0.444. The molecular weight excluding hydrogens is 446 g/mol. The van der Waals surface area contributed by atoms with Crippen molar-refractivity contribution in [3.63, 3.8) is 0 Å². The fourth-order valence-electron chi connectivity index (χ4n) is 10.3. The topological polar surface area (TPSA) is 3.88 Å². The van der Waals surface area contributed by atoms with Crippen molar-refractivity contribution in [2.75, 3.05) is 0 Å². The molecule has 200 valence electrons. The maximum Gasteiger partial charge on any atom is 0.176 e. The molecule has 1 aromatic carbocycles. The molecule has 2 aromatic rings. The molecule has 4 aliphatic carbocycles. The Kier molecular flexibility index (Phi) is 6.82. The minimum Gasteiger partial charge on any atom is -0.202 e. The fraction of sp³-hybridized carbons (Fsp3) is 0.694. The van der Waals surface area contributed by atoms with E-state index in [4.69, 9.17) is 0 Å². The first-order valence-corrected chi connectivity index (χ1v) is 15.9. The molecule has 1 nitrogen and oxygen atoms in total. The summed E-state index contributed by atoms with van der Waals surface area (Å²) in [6.45, 7) is 12.8. The summed E-state index contributed by atoms with van der Waals surface area (Å²) in [6, 6.07) is 11.8. The van der Waals surface area contributed by atoms with Gasteiger partial charge in [0.2, 0.25) is 0 Å². The second kappa shape index (κ2) is 9.84. The van der Waals surface area contributed by atoms with Crippen LogP contribution in [0.15, 0.2) is 54.4 Å². The van der Waals surface area contributed by atoms with Crippen LogP contribution >= 0.6 is 0 Å². The predicted molar refractivity (Wildman–Crippen MR) is 156 cm³/mol. The van der Waals surface area contributed by atoms with Gasteiger partial charge in [-0.1, -0.05) is 83.7 Å². The van der Waals surface area contributed by atoms with Crippen molar-refractivity contribution in [1.29, 1.82) is 0 Å². The van der Waals surface area contributed by atoms with E-state index in [9.17, 15) is 0 Å². The number of rotatable bonds is 6. The largest absolute Gasteiger partial charge is 0.202 e. The lowest BCUT2D eigenvalue weighted by molar-refractivity contribution is -0.723. The summed E-state index contributed by atoms with van der Waals surface area (Å²) >= 11 is 0. The number of hydrogen-bond acceptors (Lipinski definition) is 0. The molecule has 0 radical (unpaired) electrons. The lowest BCUT2D eigenvalue weighted by Gasteiger charge is -2.58. The smallest absolute Gasteiger partial charge is 0.176 e. The van der Waals surface area contributed by atoms with E-state index in [-0.39, 0.29) is 0 Å². The van der Waals surface area contributed by atoms with E-state index >= 15 is 0 Å². The van der Waals surface area contributed by atoms with Crippen molar-refractivity contribution in [3.8, 4) is 0 Å². The molecule has 37 heavy (non-hydrogen) atoms. The normalized spacial score (nSPS) is 38.1. The standard InChI is InChI=1S/C36H52N/c1-25(2)9-8-10-26(3)32-15-16-33-31-14-13-29-23-30(37-22-19-27-11-6-7-12-28(27)24-37)17-20-35(29,4)34(31)18-21-36(32,33)5/h6-7,11-13,19,22,24-26,30-34H,8-10,14-18,20-21,23H2,1-5H3/q+1/t26-,30-,31+,32-,33+,34+,35+,36-/m1/s1. The Balaban J connectivity index is 1.18.